The molecule has 2 aliphatic heterocycles. The second-order valence-corrected chi connectivity index (χ2v) is 11.6. The average Bonchev–Trinajstić information content (AvgIpc) is 3.44. The number of β-lactam (4-membered cyclic amide) rings is 1. The van der Waals surface area contributed by atoms with E-state index in [1.165, 1.54) is 47.4 Å². The average molecular weight is 550 g/mol. The van der Waals surface area contributed by atoms with Crippen molar-refractivity contribution in [3.05, 3.63) is 62.3 Å². The lowest BCUT2D eigenvalue weighted by atomic mass is 9.89. The number of nitro benzene ring substituents is 1. The number of nitrogens with two attached hydrogens (primary N) is 1. The minimum absolute atomic E-state index is 0.106. The Bertz CT molecular complexity index is 1250. The number of carboxylic acids is 1. The second-order valence-electron chi connectivity index (χ2n) is 8.88. The van der Waals surface area contributed by atoms with Gasteiger partial charge in [-0.3, -0.25) is 30.3 Å². The van der Waals surface area contributed by atoms with Gasteiger partial charge in [0.15, 0.2) is 0 Å². The van der Waals surface area contributed by atoms with Crippen LogP contribution in [0.2, 0.25) is 0 Å². The van der Waals surface area contributed by atoms with Crippen LogP contribution in [0.5, 0.6) is 0 Å². The van der Waals surface area contributed by atoms with Crippen LogP contribution in [0, 0.1) is 10.1 Å². The number of hydrogen-bond donors (Lipinski definition) is 4. The van der Waals surface area contributed by atoms with E-state index in [2.05, 4.69) is 10.6 Å². The van der Waals surface area contributed by atoms with E-state index >= 15 is 0 Å². The molecule has 13 nitrogen and oxygen atoms in total. The van der Waals surface area contributed by atoms with Crippen LogP contribution in [0.25, 0.3) is 0 Å². The summed E-state index contributed by atoms with van der Waals surface area (Å²) in [7, 11) is 0. The Labute approximate surface area is 218 Å². The van der Waals surface area contributed by atoms with Gasteiger partial charge in [0.1, 0.15) is 24.1 Å². The predicted molar refractivity (Wildman–Crippen MR) is 132 cm³/mol. The molecule has 2 aliphatic rings. The standard InChI is InChI=1S/C22H23N5O8S2/c1-21(2)22(23,19(30)31)26-17(29)15(18(26)37-21)24-16(28)14(13-4-3-9-36-13)25-20(32)35-10-11-5-7-12(8-6-11)27(33)34/h3-9,14-15,18H,10,23H2,1-2H3,(H,24,28)(H,25,32)(H,30,31)/t14?,15-,18-,22+/m1/s1. The summed E-state index contributed by atoms with van der Waals surface area (Å²) in [5, 5.41) is 26.6. The van der Waals surface area contributed by atoms with Gasteiger partial charge in [0.05, 0.1) is 9.67 Å². The molecule has 2 saturated heterocycles. The van der Waals surface area contributed by atoms with E-state index in [4.69, 9.17) is 10.5 Å². The highest BCUT2D eigenvalue weighted by Gasteiger charge is 2.71. The molecule has 15 heteroatoms. The molecule has 0 saturated carbocycles. The summed E-state index contributed by atoms with van der Waals surface area (Å²) < 4.78 is 4.15. The number of carbonyl (C=O) groups is 4. The number of hydrogen-bond acceptors (Lipinski definition) is 10. The van der Waals surface area contributed by atoms with E-state index in [-0.39, 0.29) is 12.3 Å². The molecular weight excluding hydrogens is 526 g/mol. The quantitative estimate of drug-likeness (QED) is 0.213. The van der Waals surface area contributed by atoms with Crippen molar-refractivity contribution >= 4 is 52.7 Å². The minimum Gasteiger partial charge on any atom is -0.478 e. The number of thioether (sulfide) groups is 1. The van der Waals surface area contributed by atoms with Gasteiger partial charge in [-0.15, -0.1) is 23.1 Å². The lowest BCUT2D eigenvalue weighted by Gasteiger charge is -2.48. The maximum atomic E-state index is 13.2. The first-order chi connectivity index (χ1) is 17.4. The number of nitro groups is 1. The zero-order valence-electron chi connectivity index (χ0n) is 19.6. The van der Waals surface area contributed by atoms with Crippen LogP contribution in [-0.4, -0.2) is 60.6 Å². The highest BCUT2D eigenvalue weighted by Crippen LogP contribution is 2.54. The fraction of sp³-hybridized carbons (Fsp3) is 0.364. The smallest absolute Gasteiger partial charge is 0.408 e. The van der Waals surface area contributed by atoms with E-state index in [1.54, 1.807) is 31.4 Å². The lowest BCUT2D eigenvalue weighted by Crippen LogP contribution is -2.79. The van der Waals surface area contributed by atoms with E-state index in [0.29, 0.717) is 10.4 Å². The van der Waals surface area contributed by atoms with E-state index in [9.17, 15) is 34.4 Å². The third-order valence-corrected chi connectivity index (χ3v) is 8.81. The topological polar surface area (TPSA) is 194 Å². The number of benzene rings is 1. The normalized spacial score (nSPS) is 24.4. The molecule has 0 bridgehead atoms. The molecule has 1 aromatic carbocycles. The molecule has 5 N–H and O–H groups in total. The minimum atomic E-state index is -1.94. The Morgan fingerprint density at radius 1 is 1.27 bits per heavy atom. The molecule has 4 rings (SSSR count). The Kier molecular flexibility index (Phi) is 6.87. The number of carboxylic acid groups (broad SMARTS) is 1. The summed E-state index contributed by atoms with van der Waals surface area (Å²) in [6.07, 6.45) is -0.920. The van der Waals surface area contributed by atoms with Crippen molar-refractivity contribution in [1.29, 1.82) is 0 Å². The van der Waals surface area contributed by atoms with Gasteiger partial charge in [-0.1, -0.05) is 6.07 Å². The molecule has 0 spiro atoms. The fourth-order valence-electron chi connectivity index (χ4n) is 4.12. The van der Waals surface area contributed by atoms with Gasteiger partial charge in [-0.05, 0) is 43.0 Å². The number of nitrogens with zero attached hydrogens (tertiary/aromatic N) is 2. The molecule has 37 heavy (non-hydrogen) atoms. The monoisotopic (exact) mass is 549 g/mol. The zero-order valence-corrected chi connectivity index (χ0v) is 21.2. The summed E-state index contributed by atoms with van der Waals surface area (Å²) >= 11 is 2.37. The Morgan fingerprint density at radius 3 is 2.51 bits per heavy atom. The summed E-state index contributed by atoms with van der Waals surface area (Å²) in [5.74, 6) is -2.66. The molecule has 3 heterocycles. The fourth-order valence-corrected chi connectivity index (χ4v) is 6.55. The number of amides is 3. The number of non-ortho nitro benzene ring substituents is 1. The van der Waals surface area contributed by atoms with Gasteiger partial charge >= 0.3 is 12.1 Å². The largest absolute Gasteiger partial charge is 0.478 e. The number of thiophene rings is 1. The molecule has 196 valence electrons. The van der Waals surface area contributed by atoms with Crippen molar-refractivity contribution in [2.45, 2.75) is 48.3 Å². The Balaban J connectivity index is 1.42. The van der Waals surface area contributed by atoms with Crippen LogP contribution in [0.15, 0.2) is 41.8 Å². The van der Waals surface area contributed by atoms with Crippen LogP contribution < -0.4 is 16.4 Å². The third kappa shape index (κ3) is 4.60. The van der Waals surface area contributed by atoms with Crippen molar-refractivity contribution in [2.24, 2.45) is 5.73 Å². The molecule has 0 radical (unpaired) electrons. The number of rotatable bonds is 8. The van der Waals surface area contributed by atoms with E-state index < -0.39 is 56.7 Å². The van der Waals surface area contributed by atoms with Crippen molar-refractivity contribution in [1.82, 2.24) is 15.5 Å². The van der Waals surface area contributed by atoms with Gasteiger partial charge in [0.2, 0.25) is 11.6 Å². The molecule has 3 amide bonds. The maximum absolute atomic E-state index is 13.2. The van der Waals surface area contributed by atoms with Crippen LogP contribution in [-0.2, 0) is 25.7 Å². The van der Waals surface area contributed by atoms with E-state index in [1.807, 2.05) is 0 Å². The van der Waals surface area contributed by atoms with Crippen molar-refractivity contribution in [3.8, 4) is 0 Å². The predicted octanol–water partition coefficient (Wildman–Crippen LogP) is 1.54. The van der Waals surface area contributed by atoms with Gasteiger partial charge in [-0.25, -0.2) is 9.59 Å². The SMILES string of the molecule is CC1(C)S[C@@H]2[C@H](NC(=O)C(NC(=O)OCc3ccc([N+](=O)[O-])cc3)c3cccs3)C(=O)N2[C@@]1(N)C(=O)O. The number of fused-ring (bicyclic) bond motifs is 1. The molecule has 1 unspecified atom stereocenters. The summed E-state index contributed by atoms with van der Waals surface area (Å²) in [6, 6.07) is 6.54. The van der Waals surface area contributed by atoms with Gasteiger partial charge < -0.3 is 20.5 Å². The van der Waals surface area contributed by atoms with Crippen LogP contribution >= 0.6 is 23.1 Å². The number of alkyl carbamates (subject to hydrolysis) is 1. The maximum Gasteiger partial charge on any atom is 0.408 e. The number of ether oxygens (including phenoxy) is 1. The molecule has 2 aromatic rings. The van der Waals surface area contributed by atoms with E-state index in [0.717, 1.165) is 4.90 Å². The summed E-state index contributed by atoms with van der Waals surface area (Å²) in [4.78, 5) is 62.2. The first-order valence-electron chi connectivity index (χ1n) is 10.9. The van der Waals surface area contributed by atoms with Gasteiger partial charge in [0.25, 0.3) is 11.6 Å². The third-order valence-electron chi connectivity index (χ3n) is 6.25. The number of aliphatic carboxylic acids is 1. The molecule has 2 fully saturated rings. The number of carbonyl (C=O) groups excluding carboxylic acids is 3. The van der Waals surface area contributed by atoms with Crippen molar-refractivity contribution in [3.63, 3.8) is 0 Å². The first-order valence-corrected chi connectivity index (χ1v) is 12.7. The first kappa shape index (κ1) is 26.4. The molecule has 4 atom stereocenters. The molecular formula is C22H23N5O8S2. The highest BCUT2D eigenvalue weighted by atomic mass is 32.2. The van der Waals surface area contributed by atoms with Crippen LogP contribution in [0.1, 0.15) is 30.3 Å². The summed E-state index contributed by atoms with van der Waals surface area (Å²) in [5.41, 5.74) is 4.58. The van der Waals surface area contributed by atoms with Crippen LogP contribution in [0.4, 0.5) is 10.5 Å². The Morgan fingerprint density at radius 2 is 1.95 bits per heavy atom. The number of nitrogens with one attached hydrogen (secondary N) is 2. The molecule has 1 aromatic heterocycles. The van der Waals surface area contributed by atoms with Crippen LogP contribution in [0.3, 0.4) is 0 Å². The second kappa shape index (κ2) is 9.64. The lowest BCUT2D eigenvalue weighted by molar-refractivity contribution is -0.384. The van der Waals surface area contributed by atoms with Gasteiger partial charge in [-0.2, -0.15) is 0 Å². The Hall–Kier alpha value is -3.69. The molecule has 0 aliphatic carbocycles. The van der Waals surface area contributed by atoms with Crippen molar-refractivity contribution in [2.75, 3.05) is 0 Å². The zero-order chi connectivity index (χ0) is 27.1. The summed E-state index contributed by atoms with van der Waals surface area (Å²) in [6.45, 7) is 3.04. The highest BCUT2D eigenvalue weighted by molar-refractivity contribution is 8.01. The van der Waals surface area contributed by atoms with Gasteiger partial charge in [0, 0.05) is 17.0 Å². The van der Waals surface area contributed by atoms with Crippen molar-refractivity contribution < 1.29 is 33.9 Å².